The van der Waals surface area contributed by atoms with Gasteiger partial charge < -0.3 is 4.74 Å². The Kier molecular flexibility index (Phi) is 4.58. The largest absolute Gasteiger partial charge is 0.418 e. The van der Waals surface area contributed by atoms with Crippen molar-refractivity contribution in [3.05, 3.63) is 58.9 Å². The molecule has 1 heterocycles. The molecular formula is C17H20NO3+. The van der Waals surface area contributed by atoms with E-state index in [4.69, 9.17) is 9.57 Å². The van der Waals surface area contributed by atoms with E-state index in [0.29, 0.717) is 18.1 Å². The molecule has 0 fully saturated rings. The van der Waals surface area contributed by atoms with Gasteiger partial charge in [-0.25, -0.2) is 4.79 Å². The molecule has 0 radical (unpaired) electrons. The number of pyridine rings is 1. The summed E-state index contributed by atoms with van der Waals surface area (Å²) in [6.07, 6.45) is 1.69. The van der Waals surface area contributed by atoms with Gasteiger partial charge in [-0.3, -0.25) is 4.84 Å². The summed E-state index contributed by atoms with van der Waals surface area (Å²) in [5.41, 5.74) is 3.40. The lowest BCUT2D eigenvalue weighted by Gasteiger charge is -2.10. The maximum absolute atomic E-state index is 12.4. The van der Waals surface area contributed by atoms with E-state index in [1.807, 2.05) is 39.8 Å². The number of carbonyl (C=O) groups excluding carboxylic acids is 1. The summed E-state index contributed by atoms with van der Waals surface area (Å²) in [4.78, 5) is 17.8. The molecule has 0 aliphatic rings. The molecule has 0 unspecified atom stereocenters. The average Bonchev–Trinajstić information content (AvgIpc) is 2.43. The van der Waals surface area contributed by atoms with Crippen LogP contribution in [0.15, 0.2) is 36.5 Å². The summed E-state index contributed by atoms with van der Waals surface area (Å²) in [5, 5.41) is 0. The highest BCUT2D eigenvalue weighted by Gasteiger charge is 2.24. The molecule has 1 aromatic heterocycles. The van der Waals surface area contributed by atoms with E-state index in [1.54, 1.807) is 24.4 Å². The highest BCUT2D eigenvalue weighted by molar-refractivity contribution is 5.87. The minimum absolute atomic E-state index is 0.360. The molecule has 1 aromatic carbocycles. The molecule has 0 bridgehead atoms. The second-order valence-electron chi connectivity index (χ2n) is 4.95. The van der Waals surface area contributed by atoms with Gasteiger partial charge in [0.2, 0.25) is 6.20 Å². The van der Waals surface area contributed by atoms with Crippen molar-refractivity contribution in [1.29, 1.82) is 0 Å². The topological polar surface area (TPSA) is 39.4 Å². The van der Waals surface area contributed by atoms with E-state index >= 15 is 0 Å². The van der Waals surface area contributed by atoms with Crippen LogP contribution in [0.3, 0.4) is 0 Å². The summed E-state index contributed by atoms with van der Waals surface area (Å²) < 4.78 is 7.00. The van der Waals surface area contributed by atoms with Crippen molar-refractivity contribution in [2.75, 3.05) is 6.61 Å². The monoisotopic (exact) mass is 286 g/mol. The number of hydrogen-bond donors (Lipinski definition) is 0. The molecule has 0 aliphatic carbocycles. The first kappa shape index (κ1) is 15.0. The third-order valence-corrected chi connectivity index (χ3v) is 3.10. The zero-order chi connectivity index (χ0) is 15.4. The molecule has 21 heavy (non-hydrogen) atoms. The minimum atomic E-state index is -0.431. The summed E-state index contributed by atoms with van der Waals surface area (Å²) in [5.74, 6) is 0.177. The van der Waals surface area contributed by atoms with E-state index in [-0.39, 0.29) is 0 Å². The lowest BCUT2D eigenvalue weighted by molar-refractivity contribution is -0.892. The standard InChI is InChI=1S/C17H20NO3/c1-5-20-18-9-7-6-8-15(18)17(19)21-16-13(3)10-12(2)11-14(16)4/h6-11H,5H2,1-4H3/q+1. The van der Waals surface area contributed by atoms with Crippen LogP contribution in [-0.2, 0) is 0 Å². The Morgan fingerprint density at radius 1 is 1.14 bits per heavy atom. The Morgan fingerprint density at radius 3 is 2.43 bits per heavy atom. The predicted molar refractivity (Wildman–Crippen MR) is 79.4 cm³/mol. The first-order valence-corrected chi connectivity index (χ1v) is 6.97. The Morgan fingerprint density at radius 2 is 1.81 bits per heavy atom. The van der Waals surface area contributed by atoms with Gasteiger partial charge in [0.15, 0.2) is 6.61 Å². The fourth-order valence-electron chi connectivity index (χ4n) is 2.31. The average molecular weight is 286 g/mol. The number of benzene rings is 1. The summed E-state index contributed by atoms with van der Waals surface area (Å²) in [6, 6.07) is 9.25. The molecule has 0 aliphatic heterocycles. The number of aromatic nitrogens is 1. The Bertz CT molecular complexity index is 642. The van der Waals surface area contributed by atoms with Crippen molar-refractivity contribution in [3.8, 4) is 5.75 Å². The molecule has 0 amide bonds. The van der Waals surface area contributed by atoms with Crippen LogP contribution < -0.4 is 14.3 Å². The molecule has 0 N–H and O–H groups in total. The SMILES string of the molecule is CCO[n+]1ccccc1C(=O)Oc1c(C)cc(C)cc1C. The van der Waals surface area contributed by atoms with Gasteiger partial charge in [-0.15, -0.1) is 0 Å². The van der Waals surface area contributed by atoms with Crippen molar-refractivity contribution in [2.24, 2.45) is 0 Å². The molecular weight excluding hydrogens is 266 g/mol. The van der Waals surface area contributed by atoms with Crippen LogP contribution in [0.2, 0.25) is 0 Å². The molecule has 4 nitrogen and oxygen atoms in total. The highest BCUT2D eigenvalue weighted by atomic mass is 16.7. The Hall–Kier alpha value is -2.36. The van der Waals surface area contributed by atoms with Crippen LogP contribution in [-0.4, -0.2) is 12.6 Å². The molecule has 2 rings (SSSR count). The number of nitrogens with zero attached hydrogens (tertiary/aromatic N) is 1. The van der Waals surface area contributed by atoms with Crippen molar-refractivity contribution in [2.45, 2.75) is 27.7 Å². The van der Waals surface area contributed by atoms with Crippen molar-refractivity contribution in [3.63, 3.8) is 0 Å². The first-order chi connectivity index (χ1) is 10.0. The molecule has 0 saturated carbocycles. The zero-order valence-electron chi connectivity index (χ0n) is 12.8. The maximum Gasteiger partial charge on any atom is 0.414 e. The second-order valence-corrected chi connectivity index (χ2v) is 4.95. The number of aryl methyl sites for hydroxylation is 3. The van der Waals surface area contributed by atoms with Crippen LogP contribution in [0.1, 0.15) is 34.1 Å². The van der Waals surface area contributed by atoms with Crippen LogP contribution in [0, 0.1) is 20.8 Å². The van der Waals surface area contributed by atoms with E-state index < -0.39 is 5.97 Å². The van der Waals surface area contributed by atoms with Gasteiger partial charge in [-0.1, -0.05) is 17.7 Å². The molecule has 4 heteroatoms. The smallest absolute Gasteiger partial charge is 0.414 e. The van der Waals surface area contributed by atoms with Gasteiger partial charge in [0.05, 0.1) is 0 Å². The number of rotatable bonds is 4. The highest BCUT2D eigenvalue weighted by Crippen LogP contribution is 2.25. The van der Waals surface area contributed by atoms with Crippen LogP contribution >= 0.6 is 0 Å². The Labute approximate surface area is 124 Å². The normalized spacial score (nSPS) is 10.3. The van der Waals surface area contributed by atoms with E-state index in [0.717, 1.165) is 16.7 Å². The fourth-order valence-corrected chi connectivity index (χ4v) is 2.31. The van der Waals surface area contributed by atoms with Gasteiger partial charge >= 0.3 is 11.7 Å². The maximum atomic E-state index is 12.4. The van der Waals surface area contributed by atoms with E-state index in [2.05, 4.69) is 0 Å². The van der Waals surface area contributed by atoms with Crippen LogP contribution in [0.25, 0.3) is 0 Å². The Balaban J connectivity index is 2.31. The third-order valence-electron chi connectivity index (χ3n) is 3.10. The molecule has 0 saturated heterocycles. The zero-order valence-corrected chi connectivity index (χ0v) is 12.8. The summed E-state index contributed by atoms with van der Waals surface area (Å²) >= 11 is 0. The molecule has 2 aromatic rings. The summed E-state index contributed by atoms with van der Waals surface area (Å²) in [6.45, 7) is 8.22. The summed E-state index contributed by atoms with van der Waals surface area (Å²) in [7, 11) is 0. The third kappa shape index (κ3) is 3.40. The quantitative estimate of drug-likeness (QED) is 0.492. The first-order valence-electron chi connectivity index (χ1n) is 6.97. The van der Waals surface area contributed by atoms with Gasteiger partial charge in [-0.2, -0.15) is 0 Å². The van der Waals surface area contributed by atoms with Crippen molar-refractivity contribution >= 4 is 5.97 Å². The fraction of sp³-hybridized carbons (Fsp3) is 0.294. The predicted octanol–water partition coefficient (Wildman–Crippen LogP) is 2.57. The number of ether oxygens (including phenoxy) is 1. The van der Waals surface area contributed by atoms with Gasteiger partial charge in [-0.05, 0) is 44.9 Å². The van der Waals surface area contributed by atoms with Crippen molar-refractivity contribution < 1.29 is 19.1 Å². The van der Waals surface area contributed by atoms with Gasteiger partial charge in [0, 0.05) is 16.9 Å². The number of esters is 1. The van der Waals surface area contributed by atoms with E-state index in [9.17, 15) is 4.79 Å². The number of carbonyl (C=O) groups is 1. The number of hydrogen-bond acceptors (Lipinski definition) is 3. The van der Waals surface area contributed by atoms with Gasteiger partial charge in [0.25, 0.3) is 0 Å². The van der Waals surface area contributed by atoms with Crippen molar-refractivity contribution in [1.82, 2.24) is 0 Å². The molecule has 0 spiro atoms. The van der Waals surface area contributed by atoms with Gasteiger partial charge in [0.1, 0.15) is 5.75 Å². The molecule has 110 valence electrons. The second kappa shape index (κ2) is 6.39. The van der Waals surface area contributed by atoms with Crippen LogP contribution in [0.5, 0.6) is 5.75 Å². The minimum Gasteiger partial charge on any atom is -0.418 e. The lowest BCUT2D eigenvalue weighted by atomic mass is 10.1. The van der Waals surface area contributed by atoms with Crippen LogP contribution in [0.4, 0.5) is 0 Å². The molecule has 0 atom stereocenters. The van der Waals surface area contributed by atoms with E-state index in [1.165, 1.54) is 4.73 Å². The lowest BCUT2D eigenvalue weighted by Crippen LogP contribution is -2.48.